The van der Waals surface area contributed by atoms with Gasteiger partial charge in [-0.15, -0.1) is 0 Å². The maximum atomic E-state index is 13.1. The molecule has 0 unspecified atom stereocenters. The van der Waals surface area contributed by atoms with Crippen molar-refractivity contribution in [1.29, 1.82) is 0 Å². The summed E-state index contributed by atoms with van der Waals surface area (Å²) in [7, 11) is 1.46. The van der Waals surface area contributed by atoms with Gasteiger partial charge in [-0.1, -0.05) is 49.4 Å². The SMILES string of the molecule is CO[C@@H](/C=C/CCCCC(=O)OC(C)(C)C)[C@@H](O)[C@H](C)C(=O)N1C(=O)OC[C@@H]1Cc1ccccc1. The minimum Gasteiger partial charge on any atom is -0.460 e. The van der Waals surface area contributed by atoms with Crippen molar-refractivity contribution in [1.82, 2.24) is 4.90 Å². The first-order valence-electron chi connectivity index (χ1n) is 12.2. The lowest BCUT2D eigenvalue weighted by Crippen LogP contribution is -2.48. The third-order valence-electron chi connectivity index (χ3n) is 5.77. The van der Waals surface area contributed by atoms with E-state index in [2.05, 4.69) is 0 Å². The first-order valence-corrected chi connectivity index (χ1v) is 12.2. The number of cyclic esters (lactones) is 1. The van der Waals surface area contributed by atoms with E-state index in [0.29, 0.717) is 25.7 Å². The topological polar surface area (TPSA) is 102 Å². The molecule has 0 radical (unpaired) electrons. The molecule has 2 amide bonds. The van der Waals surface area contributed by atoms with Gasteiger partial charge in [0, 0.05) is 13.5 Å². The average Bonchev–Trinajstić information content (AvgIpc) is 3.16. The van der Waals surface area contributed by atoms with Crippen LogP contribution in [-0.4, -0.2) is 65.5 Å². The number of ether oxygens (including phenoxy) is 3. The van der Waals surface area contributed by atoms with E-state index < -0.39 is 41.8 Å². The second-order valence-corrected chi connectivity index (χ2v) is 9.87. The Bertz CT molecular complexity index is 862. The Kier molecular flexibility index (Phi) is 10.9. The molecule has 0 spiro atoms. The summed E-state index contributed by atoms with van der Waals surface area (Å²) >= 11 is 0. The number of methoxy groups -OCH3 is 1. The van der Waals surface area contributed by atoms with Crippen molar-refractivity contribution in [2.45, 2.75) is 83.6 Å². The third kappa shape index (κ3) is 9.11. The molecule has 2 rings (SSSR count). The molecule has 1 aliphatic rings. The van der Waals surface area contributed by atoms with Gasteiger partial charge in [0.1, 0.15) is 18.3 Å². The van der Waals surface area contributed by atoms with Gasteiger partial charge in [0.25, 0.3) is 0 Å². The van der Waals surface area contributed by atoms with Crippen LogP contribution in [0.2, 0.25) is 0 Å². The molecule has 194 valence electrons. The zero-order chi connectivity index (χ0) is 26.0. The van der Waals surface area contributed by atoms with E-state index in [-0.39, 0.29) is 12.6 Å². The molecule has 4 atom stereocenters. The van der Waals surface area contributed by atoms with Crippen LogP contribution in [0.4, 0.5) is 4.79 Å². The van der Waals surface area contributed by atoms with Crippen molar-refractivity contribution in [2.24, 2.45) is 5.92 Å². The highest BCUT2D eigenvalue weighted by molar-refractivity contribution is 5.95. The number of allylic oxidation sites excluding steroid dienone is 1. The highest BCUT2D eigenvalue weighted by Crippen LogP contribution is 2.23. The predicted molar refractivity (Wildman–Crippen MR) is 132 cm³/mol. The number of esters is 1. The molecule has 8 heteroatoms. The zero-order valence-corrected chi connectivity index (χ0v) is 21.4. The minimum atomic E-state index is -1.14. The molecule has 0 bridgehead atoms. The van der Waals surface area contributed by atoms with E-state index in [0.717, 1.165) is 16.9 Å². The van der Waals surface area contributed by atoms with Gasteiger partial charge < -0.3 is 19.3 Å². The maximum Gasteiger partial charge on any atom is 0.416 e. The lowest BCUT2D eigenvalue weighted by molar-refractivity contribution is -0.155. The number of hydrogen-bond donors (Lipinski definition) is 1. The largest absolute Gasteiger partial charge is 0.460 e. The summed E-state index contributed by atoms with van der Waals surface area (Å²) in [6, 6.07) is 9.15. The fraction of sp³-hybridized carbons (Fsp3) is 0.593. The van der Waals surface area contributed by atoms with Crippen molar-refractivity contribution in [3.8, 4) is 0 Å². The van der Waals surface area contributed by atoms with E-state index >= 15 is 0 Å². The number of rotatable bonds is 12. The van der Waals surface area contributed by atoms with Crippen LogP contribution >= 0.6 is 0 Å². The summed E-state index contributed by atoms with van der Waals surface area (Å²) < 4.78 is 15.8. The summed E-state index contributed by atoms with van der Waals surface area (Å²) in [6.45, 7) is 7.22. The van der Waals surface area contributed by atoms with Crippen LogP contribution in [0.3, 0.4) is 0 Å². The monoisotopic (exact) mass is 489 g/mol. The Hall–Kier alpha value is -2.71. The van der Waals surface area contributed by atoms with Gasteiger partial charge in [-0.25, -0.2) is 9.69 Å². The second-order valence-electron chi connectivity index (χ2n) is 9.87. The van der Waals surface area contributed by atoms with Crippen molar-refractivity contribution in [3.05, 3.63) is 48.0 Å². The van der Waals surface area contributed by atoms with E-state index in [4.69, 9.17) is 14.2 Å². The highest BCUT2D eigenvalue weighted by atomic mass is 16.6. The number of carbonyl (C=O) groups is 3. The molecule has 1 saturated heterocycles. The molecule has 1 aliphatic heterocycles. The van der Waals surface area contributed by atoms with Crippen LogP contribution in [0.5, 0.6) is 0 Å². The number of imide groups is 1. The number of carbonyl (C=O) groups excluding carboxylic acids is 3. The van der Waals surface area contributed by atoms with Gasteiger partial charge in [0.15, 0.2) is 0 Å². The lowest BCUT2D eigenvalue weighted by Gasteiger charge is -2.28. The number of amides is 2. The number of aliphatic hydroxyl groups is 1. The Morgan fingerprint density at radius 1 is 1.23 bits per heavy atom. The second kappa shape index (κ2) is 13.4. The molecular weight excluding hydrogens is 450 g/mol. The molecule has 0 saturated carbocycles. The summed E-state index contributed by atoms with van der Waals surface area (Å²) in [4.78, 5) is 38.3. The number of hydrogen-bond acceptors (Lipinski definition) is 7. The normalized spacial score (nSPS) is 18.9. The van der Waals surface area contributed by atoms with Crippen LogP contribution in [0.25, 0.3) is 0 Å². The Balaban J connectivity index is 1.87. The minimum absolute atomic E-state index is 0.124. The highest BCUT2D eigenvalue weighted by Gasteiger charge is 2.42. The zero-order valence-electron chi connectivity index (χ0n) is 21.4. The molecular formula is C27H39NO7. The number of benzene rings is 1. The summed E-state index contributed by atoms with van der Waals surface area (Å²) in [5.41, 5.74) is 0.506. The lowest BCUT2D eigenvalue weighted by atomic mass is 9.96. The standard InChI is InChI=1S/C27H39NO7/c1-19(25(31)28-21(18-34-26(28)32)17-20-13-9-8-10-14-20)24(30)22(33-5)15-11-6-7-12-16-23(29)35-27(2,3)4/h8-11,13-15,19,21-22,24,30H,6-7,12,16-18H2,1-5H3/b15-11+/t19-,21-,22-,24-/m0/s1. The molecule has 1 aromatic carbocycles. The third-order valence-corrected chi connectivity index (χ3v) is 5.77. The van der Waals surface area contributed by atoms with E-state index in [1.807, 2.05) is 57.2 Å². The first-order chi connectivity index (χ1) is 16.5. The fourth-order valence-electron chi connectivity index (χ4n) is 3.90. The van der Waals surface area contributed by atoms with Gasteiger partial charge in [-0.3, -0.25) is 9.59 Å². The van der Waals surface area contributed by atoms with E-state index in [1.165, 1.54) is 7.11 Å². The van der Waals surface area contributed by atoms with Gasteiger partial charge in [0.05, 0.1) is 18.1 Å². The smallest absolute Gasteiger partial charge is 0.416 e. The molecule has 0 aliphatic carbocycles. The Labute approximate surface area is 208 Å². The van der Waals surface area contributed by atoms with Gasteiger partial charge in [-0.05, 0) is 52.0 Å². The molecule has 1 heterocycles. The molecule has 1 fully saturated rings. The van der Waals surface area contributed by atoms with Crippen LogP contribution in [0.1, 0.15) is 58.9 Å². The predicted octanol–water partition coefficient (Wildman–Crippen LogP) is 4.05. The molecule has 0 aromatic heterocycles. The van der Waals surface area contributed by atoms with Gasteiger partial charge >= 0.3 is 12.1 Å². The van der Waals surface area contributed by atoms with Crippen LogP contribution < -0.4 is 0 Å². The Morgan fingerprint density at radius 2 is 1.91 bits per heavy atom. The first kappa shape index (κ1) is 28.5. The summed E-state index contributed by atoms with van der Waals surface area (Å²) in [5, 5.41) is 10.8. The van der Waals surface area contributed by atoms with E-state index in [9.17, 15) is 19.5 Å². The van der Waals surface area contributed by atoms with Crippen molar-refractivity contribution >= 4 is 18.0 Å². The van der Waals surface area contributed by atoms with Crippen molar-refractivity contribution in [2.75, 3.05) is 13.7 Å². The molecule has 1 N–H and O–H groups in total. The molecule has 1 aromatic rings. The molecule has 8 nitrogen and oxygen atoms in total. The van der Waals surface area contributed by atoms with Gasteiger partial charge in [-0.2, -0.15) is 0 Å². The van der Waals surface area contributed by atoms with Gasteiger partial charge in [0.2, 0.25) is 5.91 Å². The number of aliphatic hydroxyl groups excluding tert-OH is 1. The fourth-order valence-corrected chi connectivity index (χ4v) is 3.90. The maximum absolute atomic E-state index is 13.1. The quantitative estimate of drug-likeness (QED) is 0.268. The van der Waals surface area contributed by atoms with E-state index in [1.54, 1.807) is 13.0 Å². The number of nitrogens with zero attached hydrogens (tertiary/aromatic N) is 1. The number of unbranched alkanes of at least 4 members (excludes halogenated alkanes) is 2. The van der Waals surface area contributed by atoms with Crippen LogP contribution in [-0.2, 0) is 30.2 Å². The average molecular weight is 490 g/mol. The van der Waals surface area contributed by atoms with Crippen molar-refractivity contribution in [3.63, 3.8) is 0 Å². The summed E-state index contributed by atoms with van der Waals surface area (Å²) in [5.74, 6) is -1.58. The summed E-state index contributed by atoms with van der Waals surface area (Å²) in [6.07, 6.45) is 4.02. The van der Waals surface area contributed by atoms with Crippen LogP contribution in [0, 0.1) is 5.92 Å². The van der Waals surface area contributed by atoms with Crippen LogP contribution in [0.15, 0.2) is 42.5 Å². The van der Waals surface area contributed by atoms with Crippen molar-refractivity contribution < 1.29 is 33.7 Å². The Morgan fingerprint density at radius 3 is 2.54 bits per heavy atom. The molecule has 35 heavy (non-hydrogen) atoms.